The largest absolute Gasteiger partial charge is 0.487 e. The Morgan fingerprint density at radius 1 is 0.970 bits per heavy atom. The van der Waals surface area contributed by atoms with E-state index < -0.39 is 16.8 Å². The van der Waals surface area contributed by atoms with Gasteiger partial charge in [0, 0.05) is 12.1 Å². The first-order valence-electron chi connectivity index (χ1n) is 9.61. The van der Waals surface area contributed by atoms with Gasteiger partial charge >= 0.3 is 6.18 Å². The van der Waals surface area contributed by atoms with E-state index in [2.05, 4.69) is 5.10 Å². The second-order valence-electron chi connectivity index (χ2n) is 7.00. The second-order valence-corrected chi connectivity index (χ2v) is 7.41. The molecule has 168 valence electrons. The van der Waals surface area contributed by atoms with Crippen LogP contribution < -0.4 is 4.74 Å². The lowest BCUT2D eigenvalue weighted by Gasteiger charge is -2.11. The van der Waals surface area contributed by atoms with E-state index in [4.69, 9.17) is 16.3 Å². The minimum Gasteiger partial charge on any atom is -0.487 e. The van der Waals surface area contributed by atoms with E-state index in [9.17, 15) is 23.3 Å². The number of non-ortho nitro benzene ring substituents is 1. The van der Waals surface area contributed by atoms with Gasteiger partial charge in [-0.05, 0) is 41.5 Å². The van der Waals surface area contributed by atoms with Crippen molar-refractivity contribution in [2.45, 2.75) is 12.8 Å². The Labute approximate surface area is 191 Å². The maximum absolute atomic E-state index is 13.3. The summed E-state index contributed by atoms with van der Waals surface area (Å²) in [6.07, 6.45) is -4.62. The van der Waals surface area contributed by atoms with Crippen molar-refractivity contribution in [3.05, 3.63) is 105 Å². The minimum atomic E-state index is -4.62. The van der Waals surface area contributed by atoms with Crippen LogP contribution in [0.5, 0.6) is 5.75 Å². The summed E-state index contributed by atoms with van der Waals surface area (Å²) in [7, 11) is 0. The van der Waals surface area contributed by atoms with E-state index in [1.807, 2.05) is 0 Å². The number of nitro groups is 1. The Bertz CT molecular complexity index is 1300. The van der Waals surface area contributed by atoms with Crippen molar-refractivity contribution in [3.8, 4) is 22.6 Å². The Hall–Kier alpha value is -3.85. The fourth-order valence-electron chi connectivity index (χ4n) is 3.19. The van der Waals surface area contributed by atoms with E-state index in [-0.39, 0.29) is 23.0 Å². The number of aromatic nitrogens is 2. The molecule has 0 radical (unpaired) electrons. The molecule has 0 amide bonds. The fourth-order valence-corrected chi connectivity index (χ4v) is 3.41. The molecule has 33 heavy (non-hydrogen) atoms. The van der Waals surface area contributed by atoms with Gasteiger partial charge in [-0.15, -0.1) is 0 Å². The van der Waals surface area contributed by atoms with Gasteiger partial charge in [0.1, 0.15) is 12.4 Å². The lowest BCUT2D eigenvalue weighted by atomic mass is 10.1. The number of benzene rings is 3. The number of nitro benzene ring substituents is 1. The molecule has 0 aliphatic rings. The van der Waals surface area contributed by atoms with Crippen molar-refractivity contribution in [1.29, 1.82) is 0 Å². The first kappa shape index (κ1) is 22.3. The summed E-state index contributed by atoms with van der Waals surface area (Å²) >= 11 is 6.15. The Morgan fingerprint density at radius 2 is 1.70 bits per heavy atom. The summed E-state index contributed by atoms with van der Waals surface area (Å²) in [5, 5.41) is 14.9. The molecule has 0 fully saturated rings. The van der Waals surface area contributed by atoms with Gasteiger partial charge in [-0.2, -0.15) is 18.3 Å². The van der Waals surface area contributed by atoms with Crippen molar-refractivity contribution in [3.63, 3.8) is 0 Å². The van der Waals surface area contributed by atoms with E-state index in [0.717, 1.165) is 16.3 Å². The molecule has 0 spiro atoms. The van der Waals surface area contributed by atoms with Crippen LogP contribution in [-0.4, -0.2) is 14.7 Å². The Morgan fingerprint density at radius 3 is 2.36 bits per heavy atom. The van der Waals surface area contributed by atoms with Gasteiger partial charge in [-0.3, -0.25) is 10.1 Å². The SMILES string of the molecule is O=[N+]([O-])c1cccc(-c2ccc(OCc3cc(C(F)(F)F)nn3-c3ccccc3Cl)cc2)c1. The highest BCUT2D eigenvalue weighted by Crippen LogP contribution is 2.32. The molecule has 0 atom stereocenters. The number of hydrogen-bond donors (Lipinski definition) is 0. The smallest absolute Gasteiger partial charge is 0.435 e. The molecule has 4 aromatic rings. The lowest BCUT2D eigenvalue weighted by molar-refractivity contribution is -0.384. The number of rotatable bonds is 6. The highest BCUT2D eigenvalue weighted by molar-refractivity contribution is 6.32. The number of nitrogens with zero attached hydrogens (tertiary/aromatic N) is 3. The number of alkyl halides is 3. The summed E-state index contributed by atoms with van der Waals surface area (Å²) in [6.45, 7) is -0.190. The van der Waals surface area contributed by atoms with Gasteiger partial charge in [0.05, 0.1) is 21.3 Å². The normalized spacial score (nSPS) is 11.4. The monoisotopic (exact) mass is 473 g/mol. The molecule has 0 bridgehead atoms. The molecular weight excluding hydrogens is 459 g/mol. The third kappa shape index (κ3) is 4.98. The molecule has 1 aromatic heterocycles. The maximum atomic E-state index is 13.3. The van der Waals surface area contributed by atoms with Crippen molar-refractivity contribution < 1.29 is 22.8 Å². The molecule has 6 nitrogen and oxygen atoms in total. The third-order valence-corrected chi connectivity index (χ3v) is 5.11. The van der Waals surface area contributed by atoms with Crippen LogP contribution in [0.4, 0.5) is 18.9 Å². The zero-order valence-corrected chi connectivity index (χ0v) is 17.5. The molecule has 3 aromatic carbocycles. The average Bonchev–Trinajstić information content (AvgIpc) is 3.23. The van der Waals surface area contributed by atoms with Crippen molar-refractivity contribution >= 4 is 17.3 Å². The zero-order valence-electron chi connectivity index (χ0n) is 16.8. The molecule has 10 heteroatoms. The summed E-state index contributed by atoms with van der Waals surface area (Å²) in [6, 6.07) is 20.2. The van der Waals surface area contributed by atoms with Gasteiger partial charge in [0.15, 0.2) is 5.69 Å². The molecule has 0 unspecified atom stereocenters. The summed E-state index contributed by atoms with van der Waals surface area (Å²) < 4.78 is 46.6. The molecular formula is C23H15ClF3N3O3. The second kappa shape index (κ2) is 8.95. The van der Waals surface area contributed by atoms with Crippen LogP contribution >= 0.6 is 11.6 Å². The van der Waals surface area contributed by atoms with Crippen LogP contribution in [0.15, 0.2) is 78.9 Å². The van der Waals surface area contributed by atoms with Gasteiger partial charge in [-0.1, -0.05) is 48.0 Å². The molecule has 0 saturated heterocycles. The average molecular weight is 474 g/mol. The van der Waals surface area contributed by atoms with E-state index >= 15 is 0 Å². The Balaban J connectivity index is 1.57. The number of halogens is 4. The molecule has 0 N–H and O–H groups in total. The predicted octanol–water partition coefficient (Wildman–Crippen LogP) is 6.70. The van der Waals surface area contributed by atoms with Gasteiger partial charge in [0.25, 0.3) is 5.69 Å². The number of para-hydroxylation sites is 1. The predicted molar refractivity (Wildman–Crippen MR) is 116 cm³/mol. The van der Waals surface area contributed by atoms with Crippen molar-refractivity contribution in [2.75, 3.05) is 0 Å². The molecule has 0 saturated carbocycles. The molecule has 0 aliphatic heterocycles. The van der Waals surface area contributed by atoms with Crippen LogP contribution in [0, 0.1) is 10.1 Å². The maximum Gasteiger partial charge on any atom is 0.435 e. The fraction of sp³-hybridized carbons (Fsp3) is 0.0870. The topological polar surface area (TPSA) is 70.2 Å². The van der Waals surface area contributed by atoms with Gasteiger partial charge in [-0.25, -0.2) is 4.68 Å². The lowest BCUT2D eigenvalue weighted by Crippen LogP contribution is -2.08. The molecule has 4 rings (SSSR count). The standard InChI is InChI=1S/C23H15ClF3N3O3/c24-20-6-1-2-7-21(20)29-18(13-22(28-29)23(25,26)27)14-33-19-10-8-15(9-11-19)16-4-3-5-17(12-16)30(31)32/h1-13H,14H2. The highest BCUT2D eigenvalue weighted by Gasteiger charge is 2.35. The Kier molecular flexibility index (Phi) is 6.06. The van der Waals surface area contributed by atoms with E-state index in [1.54, 1.807) is 60.7 Å². The quantitative estimate of drug-likeness (QED) is 0.231. The van der Waals surface area contributed by atoms with E-state index in [1.165, 1.54) is 12.1 Å². The number of hydrogen-bond acceptors (Lipinski definition) is 4. The van der Waals surface area contributed by atoms with Gasteiger partial charge < -0.3 is 4.74 Å². The van der Waals surface area contributed by atoms with E-state index in [0.29, 0.717) is 17.0 Å². The van der Waals surface area contributed by atoms with Crippen LogP contribution in [0.2, 0.25) is 5.02 Å². The van der Waals surface area contributed by atoms with Crippen molar-refractivity contribution in [1.82, 2.24) is 9.78 Å². The minimum absolute atomic E-state index is 0.0267. The van der Waals surface area contributed by atoms with Crippen molar-refractivity contribution in [2.24, 2.45) is 0 Å². The molecule has 0 aliphatic carbocycles. The van der Waals surface area contributed by atoms with Gasteiger partial charge in [0.2, 0.25) is 0 Å². The number of ether oxygens (including phenoxy) is 1. The first-order valence-corrected chi connectivity index (χ1v) is 9.99. The van der Waals surface area contributed by atoms with Crippen LogP contribution in [0.1, 0.15) is 11.4 Å². The highest BCUT2D eigenvalue weighted by atomic mass is 35.5. The summed E-state index contributed by atoms with van der Waals surface area (Å²) in [5.41, 5.74) is 0.768. The molecule has 1 heterocycles. The third-order valence-electron chi connectivity index (χ3n) is 4.79. The zero-order chi connectivity index (χ0) is 23.6. The first-order chi connectivity index (χ1) is 15.7. The van der Waals surface area contributed by atoms with Crippen LogP contribution in [0.3, 0.4) is 0 Å². The summed E-state index contributed by atoms with van der Waals surface area (Å²) in [5.74, 6) is 0.407. The van der Waals surface area contributed by atoms with Crippen LogP contribution in [-0.2, 0) is 12.8 Å². The van der Waals surface area contributed by atoms with Crippen LogP contribution in [0.25, 0.3) is 16.8 Å². The summed E-state index contributed by atoms with van der Waals surface area (Å²) in [4.78, 5) is 10.5.